The van der Waals surface area contributed by atoms with Gasteiger partial charge in [0, 0.05) is 35.7 Å². The molecule has 0 bridgehead atoms. The average molecular weight is 386 g/mol. The second-order valence-corrected chi connectivity index (χ2v) is 7.95. The first-order valence-corrected chi connectivity index (χ1v) is 10.4. The molecule has 2 aromatic rings. The molecule has 4 rings (SSSR count). The van der Waals surface area contributed by atoms with Gasteiger partial charge in [-0.05, 0) is 57.8 Å². The highest BCUT2D eigenvalue weighted by Crippen LogP contribution is 2.30. The summed E-state index contributed by atoms with van der Waals surface area (Å²) in [5.41, 5.74) is 2.07. The first-order valence-electron chi connectivity index (χ1n) is 10.0. The van der Waals surface area contributed by atoms with E-state index in [2.05, 4.69) is 21.6 Å². The average Bonchev–Trinajstić information content (AvgIpc) is 2.74. The van der Waals surface area contributed by atoms with Crippen molar-refractivity contribution < 1.29 is 0 Å². The number of hydrogen-bond donors (Lipinski definition) is 2. The summed E-state index contributed by atoms with van der Waals surface area (Å²) in [4.78, 5) is 12.4. The van der Waals surface area contributed by atoms with Crippen LogP contribution in [0.5, 0.6) is 0 Å². The van der Waals surface area contributed by atoms with Gasteiger partial charge in [0.25, 0.3) is 0 Å². The van der Waals surface area contributed by atoms with Crippen LogP contribution in [-0.2, 0) is 0 Å². The molecule has 2 fully saturated rings. The first-order chi connectivity index (χ1) is 13.2. The van der Waals surface area contributed by atoms with Crippen LogP contribution in [0.15, 0.2) is 30.3 Å². The summed E-state index contributed by atoms with van der Waals surface area (Å²) in [6, 6.07) is 10.1. The maximum atomic E-state index is 6.09. The molecule has 0 radical (unpaired) electrons. The summed E-state index contributed by atoms with van der Waals surface area (Å²) in [5.74, 6) is 2.38. The highest BCUT2D eigenvalue weighted by Gasteiger charge is 2.25. The van der Waals surface area contributed by atoms with Crippen LogP contribution in [0.3, 0.4) is 0 Å². The van der Waals surface area contributed by atoms with Crippen molar-refractivity contribution in [1.82, 2.24) is 20.6 Å². The Kier molecular flexibility index (Phi) is 5.91. The van der Waals surface area contributed by atoms with Crippen molar-refractivity contribution in [3.05, 3.63) is 41.2 Å². The predicted octanol–water partition coefficient (Wildman–Crippen LogP) is 3.80. The minimum atomic E-state index is 0.337. The minimum Gasteiger partial charge on any atom is -0.341 e. The molecule has 0 amide bonds. The molecule has 2 atom stereocenters. The lowest BCUT2D eigenvalue weighted by Crippen LogP contribution is -2.48. The predicted molar refractivity (Wildman–Crippen MR) is 111 cm³/mol. The number of benzene rings is 1. The van der Waals surface area contributed by atoms with Crippen LogP contribution in [0.4, 0.5) is 5.82 Å². The van der Waals surface area contributed by atoms with E-state index in [9.17, 15) is 0 Å². The third kappa shape index (κ3) is 4.26. The normalized spacial score (nSPS) is 23.4. The van der Waals surface area contributed by atoms with Gasteiger partial charge in [0.2, 0.25) is 0 Å². The van der Waals surface area contributed by atoms with E-state index in [0.717, 1.165) is 60.4 Å². The third-order valence-corrected chi connectivity index (χ3v) is 5.91. The van der Waals surface area contributed by atoms with Crippen molar-refractivity contribution in [3.63, 3.8) is 0 Å². The fourth-order valence-corrected chi connectivity index (χ4v) is 4.25. The van der Waals surface area contributed by atoms with E-state index in [0.29, 0.717) is 12.1 Å². The van der Waals surface area contributed by atoms with Crippen LogP contribution in [0.25, 0.3) is 11.3 Å². The van der Waals surface area contributed by atoms with Gasteiger partial charge >= 0.3 is 0 Å². The largest absolute Gasteiger partial charge is 0.341 e. The molecule has 1 aromatic carbocycles. The quantitative estimate of drug-likeness (QED) is 0.838. The van der Waals surface area contributed by atoms with E-state index in [1.165, 1.54) is 19.3 Å². The van der Waals surface area contributed by atoms with Gasteiger partial charge in [0.05, 0.1) is 11.9 Å². The molecular formula is C21H28ClN5. The Morgan fingerprint density at radius 3 is 2.70 bits per heavy atom. The van der Waals surface area contributed by atoms with Crippen molar-refractivity contribution in [2.75, 3.05) is 31.6 Å². The monoisotopic (exact) mass is 385 g/mol. The van der Waals surface area contributed by atoms with Crippen molar-refractivity contribution >= 4 is 17.4 Å². The second-order valence-electron chi connectivity index (χ2n) is 7.51. The van der Waals surface area contributed by atoms with Gasteiger partial charge in [-0.1, -0.05) is 23.7 Å². The van der Waals surface area contributed by atoms with E-state index in [-0.39, 0.29) is 0 Å². The summed E-state index contributed by atoms with van der Waals surface area (Å²) in [6.07, 6.45) is 6.28. The Bertz CT molecular complexity index is 758. The molecular weight excluding hydrogens is 358 g/mol. The third-order valence-electron chi connectivity index (χ3n) is 5.66. The topological polar surface area (TPSA) is 53.1 Å². The summed E-state index contributed by atoms with van der Waals surface area (Å²) in [7, 11) is 2.04. The van der Waals surface area contributed by atoms with E-state index in [1.54, 1.807) is 0 Å². The fraction of sp³-hybridized carbons (Fsp3) is 0.524. The minimum absolute atomic E-state index is 0.337. The maximum absolute atomic E-state index is 6.09. The van der Waals surface area contributed by atoms with Gasteiger partial charge in [-0.25, -0.2) is 9.97 Å². The molecule has 0 saturated carbocycles. The zero-order valence-corrected chi connectivity index (χ0v) is 16.7. The Balaban J connectivity index is 1.74. The molecule has 2 aliphatic heterocycles. The van der Waals surface area contributed by atoms with Crippen LogP contribution in [0.1, 0.15) is 43.8 Å². The molecule has 5 nitrogen and oxygen atoms in total. The van der Waals surface area contributed by atoms with Gasteiger partial charge in [0.15, 0.2) is 0 Å². The van der Waals surface area contributed by atoms with Crippen LogP contribution >= 0.6 is 11.6 Å². The number of halogens is 1. The zero-order valence-electron chi connectivity index (χ0n) is 15.9. The van der Waals surface area contributed by atoms with Crippen LogP contribution in [0.2, 0.25) is 5.02 Å². The van der Waals surface area contributed by atoms with E-state index in [4.69, 9.17) is 21.6 Å². The zero-order chi connectivity index (χ0) is 18.6. The highest BCUT2D eigenvalue weighted by atomic mass is 35.5. The van der Waals surface area contributed by atoms with Gasteiger partial charge in [0.1, 0.15) is 11.6 Å². The standard InChI is InChI=1S/C21H28ClN5/c1-23-19-6-2-3-12-27(19)20-13-18(15-7-9-17(22)10-8-15)25-21(26-20)16-5-4-11-24-14-16/h7-10,13,16,19,23-24H,2-6,11-12,14H2,1H3. The van der Waals surface area contributed by atoms with Crippen molar-refractivity contribution in [2.24, 2.45) is 0 Å². The fourth-order valence-electron chi connectivity index (χ4n) is 4.13. The number of nitrogens with zero attached hydrogens (tertiary/aromatic N) is 3. The lowest BCUT2D eigenvalue weighted by molar-refractivity contribution is 0.412. The van der Waals surface area contributed by atoms with Gasteiger partial charge in [-0.2, -0.15) is 0 Å². The number of aromatic nitrogens is 2. The van der Waals surface area contributed by atoms with Crippen molar-refractivity contribution in [1.29, 1.82) is 0 Å². The highest BCUT2D eigenvalue weighted by molar-refractivity contribution is 6.30. The number of hydrogen-bond acceptors (Lipinski definition) is 5. The second kappa shape index (κ2) is 8.55. The van der Waals surface area contributed by atoms with Gasteiger partial charge in [-0.3, -0.25) is 0 Å². The molecule has 1 aromatic heterocycles. The number of anilines is 1. The Morgan fingerprint density at radius 2 is 1.96 bits per heavy atom. The van der Waals surface area contributed by atoms with E-state index < -0.39 is 0 Å². The van der Waals surface area contributed by atoms with Crippen LogP contribution < -0.4 is 15.5 Å². The molecule has 144 valence electrons. The molecule has 3 heterocycles. The van der Waals surface area contributed by atoms with Crippen molar-refractivity contribution in [2.45, 2.75) is 44.2 Å². The van der Waals surface area contributed by atoms with Gasteiger partial charge in [-0.15, -0.1) is 0 Å². The Labute approximate surface area is 166 Å². The maximum Gasteiger partial charge on any atom is 0.135 e. The number of rotatable bonds is 4. The van der Waals surface area contributed by atoms with E-state index >= 15 is 0 Å². The first kappa shape index (κ1) is 18.7. The van der Waals surface area contributed by atoms with Crippen LogP contribution in [-0.4, -0.2) is 42.8 Å². The summed E-state index contributed by atoms with van der Waals surface area (Å²) in [5, 5.41) is 7.70. The smallest absolute Gasteiger partial charge is 0.135 e. The number of piperidine rings is 2. The lowest BCUT2D eigenvalue weighted by Gasteiger charge is -2.37. The lowest BCUT2D eigenvalue weighted by atomic mass is 9.98. The molecule has 2 N–H and O–H groups in total. The van der Waals surface area contributed by atoms with Crippen LogP contribution in [0, 0.1) is 0 Å². The Hall–Kier alpha value is -1.69. The summed E-state index contributed by atoms with van der Waals surface area (Å²) < 4.78 is 0. The molecule has 0 spiro atoms. The van der Waals surface area contributed by atoms with Crippen molar-refractivity contribution in [3.8, 4) is 11.3 Å². The summed E-state index contributed by atoms with van der Waals surface area (Å²) >= 11 is 6.09. The summed E-state index contributed by atoms with van der Waals surface area (Å²) in [6.45, 7) is 3.08. The molecule has 2 saturated heterocycles. The number of nitrogens with one attached hydrogen (secondary N) is 2. The van der Waals surface area contributed by atoms with Gasteiger partial charge < -0.3 is 15.5 Å². The molecule has 6 heteroatoms. The van der Waals surface area contributed by atoms with E-state index in [1.807, 2.05) is 31.3 Å². The SMILES string of the molecule is CNC1CCCCN1c1cc(-c2ccc(Cl)cc2)nc(C2CCCNC2)n1. The molecule has 27 heavy (non-hydrogen) atoms. The Morgan fingerprint density at radius 1 is 1.11 bits per heavy atom. The molecule has 2 aliphatic rings. The molecule has 2 unspecified atom stereocenters. The molecule has 0 aliphatic carbocycles.